The highest BCUT2D eigenvalue weighted by Gasteiger charge is 2.23. The molecule has 0 radical (unpaired) electrons. The Morgan fingerprint density at radius 1 is 0.800 bits per heavy atom. The van der Waals surface area contributed by atoms with E-state index < -0.39 is 5.25 Å². The van der Waals surface area contributed by atoms with E-state index in [1.165, 1.54) is 11.8 Å². The van der Waals surface area contributed by atoms with Gasteiger partial charge in [0.15, 0.2) is 0 Å². The van der Waals surface area contributed by atoms with Crippen LogP contribution in [0.15, 0.2) is 108 Å². The van der Waals surface area contributed by atoms with Crippen molar-refractivity contribution in [3.05, 3.63) is 125 Å². The molecule has 0 aliphatic heterocycles. The molecule has 0 aliphatic rings. The molecule has 7 heteroatoms. The molecule has 0 aliphatic carbocycles. The van der Waals surface area contributed by atoms with Crippen molar-refractivity contribution in [2.75, 3.05) is 17.2 Å². The van der Waals surface area contributed by atoms with Crippen LogP contribution in [0.3, 0.4) is 0 Å². The van der Waals surface area contributed by atoms with Gasteiger partial charge >= 0.3 is 5.97 Å². The number of aryl methyl sites for hydroxylation is 1. The smallest absolute Gasteiger partial charge is 0.338 e. The second kappa shape index (κ2) is 14.1. The van der Waals surface area contributed by atoms with E-state index in [9.17, 15) is 14.4 Å². The largest absolute Gasteiger partial charge is 0.462 e. The summed E-state index contributed by atoms with van der Waals surface area (Å²) in [6, 6.07) is 31.1. The van der Waals surface area contributed by atoms with Crippen molar-refractivity contribution in [2.45, 2.75) is 36.8 Å². The van der Waals surface area contributed by atoms with Crippen LogP contribution in [-0.2, 0) is 9.53 Å². The fraction of sp³-hybridized carbons (Fsp3) is 0.182. The van der Waals surface area contributed by atoms with Gasteiger partial charge in [0.1, 0.15) is 5.25 Å². The third kappa shape index (κ3) is 7.83. The van der Waals surface area contributed by atoms with Crippen molar-refractivity contribution in [2.24, 2.45) is 0 Å². The number of amides is 2. The molecular weight excluding hydrogens is 520 g/mol. The second-order valence-corrected chi connectivity index (χ2v) is 10.4. The fourth-order valence-corrected chi connectivity index (χ4v) is 5.08. The van der Waals surface area contributed by atoms with Gasteiger partial charge in [0, 0.05) is 21.8 Å². The van der Waals surface area contributed by atoms with Crippen LogP contribution in [0, 0.1) is 6.92 Å². The number of hydrogen-bond acceptors (Lipinski definition) is 5. The Balaban J connectivity index is 1.48. The molecule has 1 atom stereocenters. The first-order valence-corrected chi connectivity index (χ1v) is 14.1. The lowest BCUT2D eigenvalue weighted by molar-refractivity contribution is -0.115. The molecule has 0 aromatic heterocycles. The molecule has 2 N–H and O–H groups in total. The molecule has 204 valence electrons. The first-order valence-electron chi connectivity index (χ1n) is 13.2. The Labute approximate surface area is 239 Å². The highest BCUT2D eigenvalue weighted by Crippen LogP contribution is 2.37. The van der Waals surface area contributed by atoms with E-state index in [0.29, 0.717) is 29.1 Å². The van der Waals surface area contributed by atoms with Crippen LogP contribution < -0.4 is 10.6 Å². The zero-order valence-corrected chi connectivity index (χ0v) is 23.4. The van der Waals surface area contributed by atoms with Crippen LogP contribution in [0.2, 0.25) is 0 Å². The molecule has 0 bridgehead atoms. The number of carbonyl (C=O) groups is 3. The Kier molecular flexibility index (Phi) is 10.1. The van der Waals surface area contributed by atoms with Crippen molar-refractivity contribution >= 4 is 40.9 Å². The Morgan fingerprint density at radius 2 is 1.52 bits per heavy atom. The quantitative estimate of drug-likeness (QED) is 0.113. The third-order valence-electron chi connectivity index (χ3n) is 6.20. The van der Waals surface area contributed by atoms with Gasteiger partial charge in [0.2, 0.25) is 5.91 Å². The minimum absolute atomic E-state index is 0.185. The van der Waals surface area contributed by atoms with Crippen LogP contribution >= 0.6 is 11.8 Å². The molecule has 0 saturated carbocycles. The van der Waals surface area contributed by atoms with Gasteiger partial charge in [-0.1, -0.05) is 67.9 Å². The van der Waals surface area contributed by atoms with Crippen LogP contribution in [0.1, 0.15) is 56.9 Å². The van der Waals surface area contributed by atoms with Gasteiger partial charge in [-0.25, -0.2) is 4.79 Å². The maximum atomic E-state index is 13.5. The van der Waals surface area contributed by atoms with E-state index in [2.05, 4.69) is 10.6 Å². The lowest BCUT2D eigenvalue weighted by Gasteiger charge is -2.18. The molecule has 4 rings (SSSR count). The lowest BCUT2D eigenvalue weighted by atomic mass is 10.1. The van der Waals surface area contributed by atoms with Gasteiger partial charge in [-0.2, -0.15) is 0 Å². The van der Waals surface area contributed by atoms with Crippen LogP contribution in [0.25, 0.3) is 0 Å². The normalized spacial score (nSPS) is 11.3. The Hall–Kier alpha value is -4.36. The number of nitrogens with one attached hydrogen (secondary N) is 2. The highest BCUT2D eigenvalue weighted by molar-refractivity contribution is 8.00. The number of esters is 1. The third-order valence-corrected chi connectivity index (χ3v) is 7.44. The molecule has 0 saturated heterocycles. The van der Waals surface area contributed by atoms with Crippen molar-refractivity contribution in [3.63, 3.8) is 0 Å². The lowest BCUT2D eigenvalue weighted by Crippen LogP contribution is -2.19. The summed E-state index contributed by atoms with van der Waals surface area (Å²) in [4.78, 5) is 39.4. The summed E-state index contributed by atoms with van der Waals surface area (Å²) in [6.07, 6.45) is 1.77. The zero-order valence-electron chi connectivity index (χ0n) is 22.6. The van der Waals surface area contributed by atoms with Crippen molar-refractivity contribution in [1.82, 2.24) is 0 Å². The van der Waals surface area contributed by atoms with E-state index in [1.807, 2.05) is 86.6 Å². The first kappa shape index (κ1) is 28.6. The average molecular weight is 553 g/mol. The second-order valence-electron chi connectivity index (χ2n) is 9.26. The molecule has 40 heavy (non-hydrogen) atoms. The monoisotopic (exact) mass is 552 g/mol. The SMILES string of the molecule is CCCCOC(=O)c1ccc(NC(=O)C(Sc2cccc(NC(=O)c3ccccc3C)c2)c2ccccc2)cc1. The first-order chi connectivity index (χ1) is 19.4. The Morgan fingerprint density at radius 3 is 2.25 bits per heavy atom. The summed E-state index contributed by atoms with van der Waals surface area (Å²) in [7, 11) is 0. The summed E-state index contributed by atoms with van der Waals surface area (Å²) >= 11 is 1.39. The maximum absolute atomic E-state index is 13.5. The van der Waals surface area contributed by atoms with Crippen LogP contribution in [0.5, 0.6) is 0 Å². The summed E-state index contributed by atoms with van der Waals surface area (Å²) in [5, 5.41) is 5.38. The molecule has 4 aromatic carbocycles. The van der Waals surface area contributed by atoms with E-state index in [-0.39, 0.29) is 17.8 Å². The molecular formula is C33H32N2O4S. The predicted octanol–water partition coefficient (Wildman–Crippen LogP) is 7.68. The number of anilines is 2. The highest BCUT2D eigenvalue weighted by atomic mass is 32.2. The van der Waals surface area contributed by atoms with Gasteiger partial charge in [0.05, 0.1) is 12.2 Å². The summed E-state index contributed by atoms with van der Waals surface area (Å²) < 4.78 is 5.26. The number of thioether (sulfide) groups is 1. The van der Waals surface area contributed by atoms with Gasteiger partial charge in [-0.15, -0.1) is 11.8 Å². The van der Waals surface area contributed by atoms with E-state index in [1.54, 1.807) is 30.3 Å². The number of ether oxygens (including phenoxy) is 1. The topological polar surface area (TPSA) is 84.5 Å². The Bertz CT molecular complexity index is 1460. The molecule has 4 aromatic rings. The number of carbonyl (C=O) groups excluding carboxylic acids is 3. The fourth-order valence-electron chi connectivity index (χ4n) is 4.00. The minimum Gasteiger partial charge on any atom is -0.462 e. The van der Waals surface area contributed by atoms with Gasteiger partial charge < -0.3 is 15.4 Å². The number of benzene rings is 4. The summed E-state index contributed by atoms with van der Waals surface area (Å²) in [5.41, 5.74) is 4.01. The minimum atomic E-state index is -0.554. The molecule has 1 unspecified atom stereocenters. The molecule has 0 spiro atoms. The summed E-state index contributed by atoms with van der Waals surface area (Å²) in [5.74, 6) is -0.766. The summed E-state index contributed by atoms with van der Waals surface area (Å²) in [6.45, 7) is 4.32. The van der Waals surface area contributed by atoms with Crippen molar-refractivity contribution < 1.29 is 19.1 Å². The average Bonchev–Trinajstić information content (AvgIpc) is 2.97. The van der Waals surface area contributed by atoms with Crippen LogP contribution in [-0.4, -0.2) is 24.4 Å². The molecule has 0 heterocycles. The maximum Gasteiger partial charge on any atom is 0.338 e. The van der Waals surface area contributed by atoms with Crippen molar-refractivity contribution in [3.8, 4) is 0 Å². The van der Waals surface area contributed by atoms with Gasteiger partial charge in [0.25, 0.3) is 5.91 Å². The van der Waals surface area contributed by atoms with Crippen LogP contribution in [0.4, 0.5) is 11.4 Å². The molecule has 2 amide bonds. The van der Waals surface area contributed by atoms with Gasteiger partial charge in [-0.05, 0) is 73.0 Å². The number of unbranched alkanes of at least 4 members (excludes halogenated alkanes) is 1. The zero-order chi connectivity index (χ0) is 28.3. The number of rotatable bonds is 11. The van der Waals surface area contributed by atoms with E-state index in [0.717, 1.165) is 28.9 Å². The number of hydrogen-bond donors (Lipinski definition) is 2. The van der Waals surface area contributed by atoms with E-state index >= 15 is 0 Å². The van der Waals surface area contributed by atoms with Crippen molar-refractivity contribution in [1.29, 1.82) is 0 Å². The van der Waals surface area contributed by atoms with E-state index in [4.69, 9.17) is 4.74 Å². The molecule has 6 nitrogen and oxygen atoms in total. The predicted molar refractivity (Wildman–Crippen MR) is 161 cm³/mol. The molecule has 0 fully saturated rings. The standard InChI is InChI=1S/C33H32N2O4S/c1-3-4-21-39-33(38)25-17-19-26(20-18-25)34-32(37)30(24-12-6-5-7-13-24)40-28-15-10-14-27(22-28)35-31(36)29-16-9-8-11-23(29)2/h5-20,22,30H,3-4,21H2,1-2H3,(H,34,37)(H,35,36). The van der Waals surface area contributed by atoms with Gasteiger partial charge in [-0.3, -0.25) is 9.59 Å².